The molecule has 0 N–H and O–H groups in total. The summed E-state index contributed by atoms with van der Waals surface area (Å²) in [6, 6.07) is 16.4. The van der Waals surface area contributed by atoms with Gasteiger partial charge < -0.3 is 9.47 Å². The molecule has 2 aliphatic rings. The summed E-state index contributed by atoms with van der Waals surface area (Å²) in [6.45, 7) is 1.68. The molecule has 0 bridgehead atoms. The van der Waals surface area contributed by atoms with Crippen LogP contribution in [0, 0.1) is 6.92 Å². The second-order valence-electron chi connectivity index (χ2n) is 8.79. The Balaban J connectivity index is 1.21. The Morgan fingerprint density at radius 2 is 1.21 bits per heavy atom. The minimum absolute atomic E-state index is 0.209. The highest BCUT2D eigenvalue weighted by molar-refractivity contribution is 6.28. The lowest BCUT2D eigenvalue weighted by molar-refractivity contribution is -0.123. The Hall–Kier alpha value is -5.44. The summed E-state index contributed by atoms with van der Waals surface area (Å²) < 4.78 is 10.9. The van der Waals surface area contributed by atoms with Gasteiger partial charge in [0.15, 0.2) is 11.6 Å². The number of nitrogens with zero attached hydrogens (tertiary/aromatic N) is 1. The molecule has 0 atom stereocenters. The van der Waals surface area contributed by atoms with Crippen molar-refractivity contribution >= 4 is 41.0 Å². The molecule has 0 fully saturated rings. The van der Waals surface area contributed by atoms with E-state index < -0.39 is 29.7 Å². The van der Waals surface area contributed by atoms with Gasteiger partial charge in [0.2, 0.25) is 0 Å². The smallest absolute Gasteiger partial charge is 0.343 e. The monoisotopic (exact) mass is 521 g/mol. The first-order valence-corrected chi connectivity index (χ1v) is 11.8. The van der Waals surface area contributed by atoms with Crippen LogP contribution in [0.25, 0.3) is 0 Å². The van der Waals surface area contributed by atoms with Gasteiger partial charge in [-0.25, -0.2) is 14.5 Å². The Bertz CT molecular complexity index is 1580. The molecule has 0 saturated carbocycles. The fourth-order valence-electron chi connectivity index (χ4n) is 4.16. The Morgan fingerprint density at radius 1 is 0.667 bits per heavy atom. The lowest BCUT2D eigenvalue weighted by Crippen LogP contribution is -2.29. The molecule has 192 valence electrons. The van der Waals surface area contributed by atoms with Crippen LogP contribution in [0.2, 0.25) is 0 Å². The van der Waals surface area contributed by atoms with Crippen LogP contribution in [-0.2, 0) is 19.2 Å². The van der Waals surface area contributed by atoms with Crippen molar-refractivity contribution in [2.75, 3.05) is 4.90 Å². The largest absolute Gasteiger partial charge is 0.423 e. The summed E-state index contributed by atoms with van der Waals surface area (Å²) in [5.41, 5.74) is 1.81. The summed E-state index contributed by atoms with van der Waals surface area (Å²) in [6.07, 6.45) is 4.83. The van der Waals surface area contributed by atoms with Gasteiger partial charge in [0.25, 0.3) is 11.8 Å². The summed E-state index contributed by atoms with van der Waals surface area (Å²) >= 11 is 0. The molecule has 0 spiro atoms. The number of benzene rings is 3. The fraction of sp³-hybridized carbons (Fsp3) is 0.0667. The van der Waals surface area contributed by atoms with Gasteiger partial charge in [0.1, 0.15) is 17.4 Å². The molecule has 0 unspecified atom stereocenters. The number of hydrogen-bond acceptors (Lipinski definition) is 8. The fourth-order valence-corrected chi connectivity index (χ4v) is 4.16. The predicted molar refractivity (Wildman–Crippen MR) is 138 cm³/mol. The molecule has 2 amide bonds. The van der Waals surface area contributed by atoms with E-state index in [-0.39, 0.29) is 34.2 Å². The molecule has 0 aromatic heterocycles. The van der Waals surface area contributed by atoms with Gasteiger partial charge in [0.05, 0.1) is 16.8 Å². The van der Waals surface area contributed by atoms with Crippen molar-refractivity contribution in [2.45, 2.75) is 12.8 Å². The quantitative estimate of drug-likeness (QED) is 0.208. The third-order valence-corrected chi connectivity index (χ3v) is 6.19. The van der Waals surface area contributed by atoms with Crippen molar-refractivity contribution in [2.24, 2.45) is 0 Å². The number of amides is 2. The molecule has 1 aliphatic carbocycles. The molecule has 9 nitrogen and oxygen atoms in total. The number of carbonyl (C=O) groups is 6. The number of ether oxygens (including phenoxy) is 2. The number of aryl methyl sites for hydroxylation is 1. The van der Waals surface area contributed by atoms with Crippen molar-refractivity contribution in [3.8, 4) is 11.5 Å². The average molecular weight is 521 g/mol. The number of rotatable bonds is 6. The maximum Gasteiger partial charge on any atom is 0.343 e. The van der Waals surface area contributed by atoms with Crippen molar-refractivity contribution < 1.29 is 38.2 Å². The normalized spacial score (nSPS) is 14.8. The van der Waals surface area contributed by atoms with Gasteiger partial charge >= 0.3 is 11.9 Å². The number of anilines is 1. The number of imide groups is 1. The summed E-state index contributed by atoms with van der Waals surface area (Å²) in [5.74, 6) is -3.20. The molecule has 39 heavy (non-hydrogen) atoms. The van der Waals surface area contributed by atoms with Gasteiger partial charge in [-0.2, -0.15) is 0 Å². The van der Waals surface area contributed by atoms with E-state index >= 15 is 0 Å². The molecule has 5 rings (SSSR count). The molecule has 0 saturated heterocycles. The van der Waals surface area contributed by atoms with Crippen LogP contribution in [0.15, 0.2) is 91.0 Å². The second-order valence-corrected chi connectivity index (χ2v) is 8.79. The van der Waals surface area contributed by atoms with Crippen LogP contribution < -0.4 is 14.4 Å². The molecule has 9 heteroatoms. The topological polar surface area (TPSA) is 124 Å². The van der Waals surface area contributed by atoms with Crippen LogP contribution in [0.5, 0.6) is 11.5 Å². The third kappa shape index (κ3) is 5.05. The number of ketones is 2. The van der Waals surface area contributed by atoms with E-state index in [1.54, 1.807) is 19.1 Å². The van der Waals surface area contributed by atoms with Crippen LogP contribution >= 0.6 is 0 Å². The predicted octanol–water partition coefficient (Wildman–Crippen LogP) is 3.65. The molecule has 1 heterocycles. The van der Waals surface area contributed by atoms with Gasteiger partial charge in [-0.15, -0.1) is 0 Å². The van der Waals surface area contributed by atoms with E-state index in [1.807, 2.05) is 0 Å². The standard InChI is InChI=1S/C30H19NO8/c1-17-16-22(38-29(36)19-4-2-18(3-5-19)28-23(32)11-12-24(28)33)10-13-25(17)39-30(37)20-6-8-21(9-7-20)31-26(34)14-15-27(31)35/h2-16,28H,1H3. The lowest BCUT2D eigenvalue weighted by atomic mass is 9.94. The van der Waals surface area contributed by atoms with Crippen LogP contribution in [0.1, 0.15) is 37.8 Å². The van der Waals surface area contributed by atoms with Gasteiger partial charge in [-0.1, -0.05) is 12.1 Å². The molecule has 0 radical (unpaired) electrons. The van der Waals surface area contributed by atoms with E-state index in [2.05, 4.69) is 0 Å². The maximum absolute atomic E-state index is 12.6. The first kappa shape index (κ1) is 25.2. The van der Waals surface area contributed by atoms with Gasteiger partial charge in [-0.05, 0) is 84.8 Å². The summed E-state index contributed by atoms with van der Waals surface area (Å²) in [7, 11) is 0. The molecule has 3 aromatic carbocycles. The Kier molecular flexibility index (Phi) is 6.56. The minimum Gasteiger partial charge on any atom is -0.423 e. The summed E-state index contributed by atoms with van der Waals surface area (Å²) in [4.78, 5) is 73.6. The first-order valence-electron chi connectivity index (χ1n) is 11.8. The number of allylic oxidation sites excluding steroid dienone is 2. The van der Waals surface area contributed by atoms with Gasteiger partial charge in [-0.3, -0.25) is 19.2 Å². The van der Waals surface area contributed by atoms with Gasteiger partial charge in [0, 0.05) is 12.2 Å². The van der Waals surface area contributed by atoms with Crippen LogP contribution in [0.4, 0.5) is 5.69 Å². The molecular formula is C30H19NO8. The van der Waals surface area contributed by atoms with Crippen molar-refractivity contribution in [3.63, 3.8) is 0 Å². The SMILES string of the molecule is Cc1cc(OC(=O)c2ccc(C3C(=O)C=CC3=O)cc2)ccc1OC(=O)c1ccc(N2C(=O)C=CC2=O)cc1. The van der Waals surface area contributed by atoms with E-state index in [9.17, 15) is 28.8 Å². The van der Waals surface area contributed by atoms with Crippen LogP contribution in [-0.4, -0.2) is 35.3 Å². The molecule has 3 aromatic rings. The lowest BCUT2D eigenvalue weighted by Gasteiger charge is -2.14. The highest BCUT2D eigenvalue weighted by atomic mass is 16.5. The highest BCUT2D eigenvalue weighted by Crippen LogP contribution is 2.27. The zero-order valence-electron chi connectivity index (χ0n) is 20.5. The Labute approximate surface area is 221 Å². The zero-order chi connectivity index (χ0) is 27.7. The third-order valence-electron chi connectivity index (χ3n) is 6.19. The first-order chi connectivity index (χ1) is 18.7. The van der Waals surface area contributed by atoms with E-state index in [1.165, 1.54) is 78.9 Å². The number of carbonyl (C=O) groups excluding carboxylic acids is 6. The van der Waals surface area contributed by atoms with Crippen molar-refractivity contribution in [1.29, 1.82) is 0 Å². The number of esters is 2. The zero-order valence-corrected chi connectivity index (χ0v) is 20.5. The van der Waals surface area contributed by atoms with E-state index in [4.69, 9.17) is 9.47 Å². The minimum atomic E-state index is -0.873. The second kappa shape index (κ2) is 10.1. The highest BCUT2D eigenvalue weighted by Gasteiger charge is 2.30. The van der Waals surface area contributed by atoms with E-state index in [0.717, 1.165) is 4.90 Å². The van der Waals surface area contributed by atoms with Crippen molar-refractivity contribution in [3.05, 3.63) is 113 Å². The van der Waals surface area contributed by atoms with Crippen molar-refractivity contribution in [1.82, 2.24) is 0 Å². The van der Waals surface area contributed by atoms with Crippen LogP contribution in [0.3, 0.4) is 0 Å². The molecular weight excluding hydrogens is 502 g/mol. The maximum atomic E-state index is 12.6. The average Bonchev–Trinajstić information content (AvgIpc) is 3.44. The summed E-state index contributed by atoms with van der Waals surface area (Å²) in [5, 5.41) is 0. The number of hydrogen-bond donors (Lipinski definition) is 0. The van der Waals surface area contributed by atoms with E-state index in [0.29, 0.717) is 16.8 Å². The molecule has 1 aliphatic heterocycles. The Morgan fingerprint density at radius 3 is 1.77 bits per heavy atom.